The van der Waals surface area contributed by atoms with E-state index < -0.39 is 28.5 Å². The molecule has 0 bridgehead atoms. The summed E-state index contributed by atoms with van der Waals surface area (Å²) in [5.74, 6) is -0.146. The summed E-state index contributed by atoms with van der Waals surface area (Å²) >= 11 is 0. The Kier molecular flexibility index (Phi) is 10.1. The van der Waals surface area contributed by atoms with Gasteiger partial charge >= 0.3 is 0 Å². The Morgan fingerprint density at radius 1 is 1.06 bits per heavy atom. The SMILES string of the molecule is CCc1ccccc1N(CC(=O)N(Cc1cccc(OC)c1)[C@H](C)C(=O)N[C@@H](C)CC)S(C)(=O)=O. The van der Waals surface area contributed by atoms with Crippen LogP contribution in [0.2, 0.25) is 0 Å². The predicted molar refractivity (Wildman–Crippen MR) is 139 cm³/mol. The first-order valence-electron chi connectivity index (χ1n) is 11.8. The monoisotopic (exact) mass is 503 g/mol. The Labute approximate surface area is 209 Å². The minimum Gasteiger partial charge on any atom is -0.497 e. The van der Waals surface area contributed by atoms with Gasteiger partial charge in [0.25, 0.3) is 0 Å². The highest BCUT2D eigenvalue weighted by atomic mass is 32.2. The molecule has 0 aliphatic carbocycles. The van der Waals surface area contributed by atoms with Gasteiger partial charge in [-0.15, -0.1) is 0 Å². The van der Waals surface area contributed by atoms with Gasteiger partial charge in [-0.05, 0) is 56.0 Å². The van der Waals surface area contributed by atoms with Crippen LogP contribution in [-0.4, -0.2) is 57.1 Å². The number of amides is 2. The van der Waals surface area contributed by atoms with E-state index in [2.05, 4.69) is 5.32 Å². The van der Waals surface area contributed by atoms with Gasteiger partial charge in [0.15, 0.2) is 0 Å². The molecule has 9 heteroatoms. The van der Waals surface area contributed by atoms with Crippen LogP contribution in [0.15, 0.2) is 48.5 Å². The summed E-state index contributed by atoms with van der Waals surface area (Å²) in [6, 6.07) is 13.5. The molecule has 192 valence electrons. The van der Waals surface area contributed by atoms with Gasteiger partial charge in [0.2, 0.25) is 21.8 Å². The molecule has 2 amide bonds. The van der Waals surface area contributed by atoms with Crippen molar-refractivity contribution in [1.82, 2.24) is 10.2 Å². The summed E-state index contributed by atoms with van der Waals surface area (Å²) in [4.78, 5) is 28.0. The van der Waals surface area contributed by atoms with E-state index in [9.17, 15) is 18.0 Å². The van der Waals surface area contributed by atoms with Crippen LogP contribution >= 0.6 is 0 Å². The lowest BCUT2D eigenvalue weighted by molar-refractivity contribution is -0.139. The van der Waals surface area contributed by atoms with Crippen LogP contribution in [0, 0.1) is 0 Å². The van der Waals surface area contributed by atoms with E-state index in [1.807, 2.05) is 39.0 Å². The number of methoxy groups -OCH3 is 1. The number of hydrogen-bond acceptors (Lipinski definition) is 5. The van der Waals surface area contributed by atoms with Crippen molar-refractivity contribution in [1.29, 1.82) is 0 Å². The molecule has 8 nitrogen and oxygen atoms in total. The van der Waals surface area contributed by atoms with Crippen molar-refractivity contribution >= 4 is 27.5 Å². The summed E-state index contributed by atoms with van der Waals surface area (Å²) in [5.41, 5.74) is 2.04. The number of nitrogens with zero attached hydrogens (tertiary/aromatic N) is 2. The summed E-state index contributed by atoms with van der Waals surface area (Å²) in [6.07, 6.45) is 2.44. The molecule has 0 radical (unpaired) electrons. The van der Waals surface area contributed by atoms with Crippen LogP contribution in [0.1, 0.15) is 45.2 Å². The number of rotatable bonds is 12. The van der Waals surface area contributed by atoms with E-state index in [4.69, 9.17) is 4.74 Å². The number of sulfonamides is 1. The third-order valence-electron chi connectivity index (χ3n) is 5.98. The van der Waals surface area contributed by atoms with E-state index in [1.54, 1.807) is 44.4 Å². The summed E-state index contributed by atoms with van der Waals surface area (Å²) in [6.45, 7) is 7.15. The Morgan fingerprint density at radius 3 is 2.34 bits per heavy atom. The first-order valence-corrected chi connectivity index (χ1v) is 13.6. The first kappa shape index (κ1) is 28.2. The Bertz CT molecular complexity index is 1120. The summed E-state index contributed by atoms with van der Waals surface area (Å²) in [5, 5.41) is 2.92. The van der Waals surface area contributed by atoms with Gasteiger partial charge in [-0.3, -0.25) is 13.9 Å². The Hall–Kier alpha value is -3.07. The molecular formula is C26H37N3O5S. The number of hydrogen-bond donors (Lipinski definition) is 1. The number of carbonyl (C=O) groups is 2. The lowest BCUT2D eigenvalue weighted by Gasteiger charge is -2.32. The average Bonchev–Trinajstić information content (AvgIpc) is 2.84. The zero-order valence-corrected chi connectivity index (χ0v) is 22.3. The number of aryl methyl sites for hydroxylation is 1. The number of benzene rings is 2. The molecule has 2 aromatic rings. The van der Waals surface area contributed by atoms with Crippen LogP contribution in [0.5, 0.6) is 5.75 Å². The van der Waals surface area contributed by atoms with Crippen molar-refractivity contribution in [2.45, 2.75) is 59.2 Å². The van der Waals surface area contributed by atoms with Crippen LogP contribution < -0.4 is 14.4 Å². The quantitative estimate of drug-likeness (QED) is 0.479. The fraction of sp³-hybridized carbons (Fsp3) is 0.462. The molecule has 0 unspecified atom stereocenters. The molecule has 0 aliphatic rings. The molecule has 35 heavy (non-hydrogen) atoms. The van der Waals surface area contributed by atoms with Gasteiger partial charge in [0, 0.05) is 12.6 Å². The molecule has 0 fully saturated rings. The first-order chi connectivity index (χ1) is 16.5. The lowest BCUT2D eigenvalue weighted by atomic mass is 10.1. The second-order valence-electron chi connectivity index (χ2n) is 8.62. The van der Waals surface area contributed by atoms with Gasteiger partial charge in [-0.25, -0.2) is 8.42 Å². The predicted octanol–water partition coefficient (Wildman–Crippen LogP) is 3.36. The number of nitrogens with one attached hydrogen (secondary N) is 1. The van der Waals surface area contributed by atoms with Crippen LogP contribution in [0.4, 0.5) is 5.69 Å². The van der Waals surface area contributed by atoms with Crippen molar-refractivity contribution < 1.29 is 22.7 Å². The topological polar surface area (TPSA) is 96.0 Å². The highest BCUT2D eigenvalue weighted by molar-refractivity contribution is 7.92. The Morgan fingerprint density at radius 2 is 1.74 bits per heavy atom. The molecule has 0 saturated carbocycles. The standard InChI is InChI=1S/C26H37N3O5S/c1-7-19(3)27-26(31)20(4)28(17-21-12-11-14-23(16-21)34-5)25(30)18-29(35(6,32)33)24-15-10-9-13-22(24)8-2/h9-16,19-20H,7-8,17-18H2,1-6H3,(H,27,31)/t19-,20+/m0/s1. The van der Waals surface area contributed by atoms with Gasteiger partial charge in [0.1, 0.15) is 18.3 Å². The number of para-hydroxylation sites is 1. The highest BCUT2D eigenvalue weighted by Gasteiger charge is 2.31. The fourth-order valence-corrected chi connectivity index (χ4v) is 4.54. The number of anilines is 1. The largest absolute Gasteiger partial charge is 0.497 e. The van der Waals surface area contributed by atoms with Crippen LogP contribution in [-0.2, 0) is 32.6 Å². The van der Waals surface area contributed by atoms with Crippen molar-refractivity contribution in [3.05, 3.63) is 59.7 Å². The van der Waals surface area contributed by atoms with Gasteiger partial charge in [-0.1, -0.05) is 44.2 Å². The van der Waals surface area contributed by atoms with E-state index in [-0.39, 0.29) is 18.5 Å². The zero-order valence-electron chi connectivity index (χ0n) is 21.4. The normalized spacial score (nSPS) is 13.0. The third-order valence-corrected chi connectivity index (χ3v) is 7.10. The third kappa shape index (κ3) is 7.71. The molecule has 2 rings (SSSR count). The van der Waals surface area contributed by atoms with Crippen LogP contribution in [0.25, 0.3) is 0 Å². The summed E-state index contributed by atoms with van der Waals surface area (Å²) in [7, 11) is -2.21. The maximum absolute atomic E-state index is 13.6. The van der Waals surface area contributed by atoms with E-state index >= 15 is 0 Å². The van der Waals surface area contributed by atoms with Gasteiger partial charge < -0.3 is 15.0 Å². The molecule has 0 aromatic heterocycles. The molecule has 0 aliphatic heterocycles. The molecule has 2 atom stereocenters. The maximum Gasteiger partial charge on any atom is 0.244 e. The minimum atomic E-state index is -3.77. The second kappa shape index (κ2) is 12.6. The smallest absolute Gasteiger partial charge is 0.244 e. The van der Waals surface area contributed by atoms with Crippen molar-refractivity contribution in [2.24, 2.45) is 0 Å². The molecule has 1 N–H and O–H groups in total. The zero-order chi connectivity index (χ0) is 26.2. The van der Waals surface area contributed by atoms with Crippen molar-refractivity contribution in [2.75, 3.05) is 24.2 Å². The van der Waals surface area contributed by atoms with Crippen LogP contribution in [0.3, 0.4) is 0 Å². The summed E-state index contributed by atoms with van der Waals surface area (Å²) < 4.78 is 31.9. The van der Waals surface area contributed by atoms with E-state index in [0.717, 1.165) is 28.1 Å². The lowest BCUT2D eigenvalue weighted by Crippen LogP contribution is -2.52. The van der Waals surface area contributed by atoms with Crippen molar-refractivity contribution in [3.63, 3.8) is 0 Å². The van der Waals surface area contributed by atoms with E-state index in [0.29, 0.717) is 17.9 Å². The molecular weight excluding hydrogens is 466 g/mol. The fourth-order valence-electron chi connectivity index (χ4n) is 3.66. The van der Waals surface area contributed by atoms with Gasteiger partial charge in [-0.2, -0.15) is 0 Å². The van der Waals surface area contributed by atoms with Gasteiger partial charge in [0.05, 0.1) is 19.1 Å². The average molecular weight is 504 g/mol. The number of ether oxygens (including phenoxy) is 1. The minimum absolute atomic E-state index is 0.0531. The molecule has 0 spiro atoms. The molecule has 2 aromatic carbocycles. The molecule has 0 heterocycles. The Balaban J connectivity index is 2.44. The number of carbonyl (C=O) groups excluding carboxylic acids is 2. The maximum atomic E-state index is 13.6. The second-order valence-corrected chi connectivity index (χ2v) is 10.5. The molecule has 0 saturated heterocycles. The van der Waals surface area contributed by atoms with Crippen molar-refractivity contribution in [3.8, 4) is 5.75 Å². The van der Waals surface area contributed by atoms with E-state index in [1.165, 1.54) is 4.90 Å². The highest BCUT2D eigenvalue weighted by Crippen LogP contribution is 2.24.